The van der Waals surface area contributed by atoms with Gasteiger partial charge in [0, 0.05) is 5.57 Å². The summed E-state index contributed by atoms with van der Waals surface area (Å²) in [6.45, 7) is 3.98. The van der Waals surface area contributed by atoms with E-state index in [1.54, 1.807) is 0 Å². The van der Waals surface area contributed by atoms with Gasteiger partial charge in [0.2, 0.25) is 0 Å². The van der Waals surface area contributed by atoms with Gasteiger partial charge >= 0.3 is 24.4 Å². The highest BCUT2D eigenvalue weighted by Crippen LogP contribution is 2.36. The standard InChI is InChI=1S/C13H11F5O3/c1-8(2)10(19)21-13(17,18)11(14)12(15,16)20-9-6-4-3-5-7-9/h3-7,11H,1H2,2H3. The Bertz CT molecular complexity index is 516. The molecule has 0 aliphatic heterocycles. The van der Waals surface area contributed by atoms with Gasteiger partial charge in [0.15, 0.2) is 0 Å². The van der Waals surface area contributed by atoms with Crippen LogP contribution in [0, 0.1) is 0 Å². The minimum atomic E-state index is -5.08. The Hall–Kier alpha value is -2.12. The summed E-state index contributed by atoms with van der Waals surface area (Å²) < 4.78 is 73.7. The van der Waals surface area contributed by atoms with E-state index in [4.69, 9.17) is 0 Å². The second-order valence-electron chi connectivity index (χ2n) is 4.07. The lowest BCUT2D eigenvalue weighted by Crippen LogP contribution is -2.50. The van der Waals surface area contributed by atoms with E-state index in [1.165, 1.54) is 18.2 Å². The molecule has 0 spiro atoms. The molecular weight excluding hydrogens is 299 g/mol. The number of rotatable bonds is 6. The summed E-state index contributed by atoms with van der Waals surface area (Å²) in [5.74, 6) is -2.22. The van der Waals surface area contributed by atoms with Crippen LogP contribution in [0.15, 0.2) is 42.5 Å². The van der Waals surface area contributed by atoms with Crippen molar-refractivity contribution in [1.82, 2.24) is 0 Å². The van der Waals surface area contributed by atoms with Crippen LogP contribution < -0.4 is 4.74 Å². The van der Waals surface area contributed by atoms with Gasteiger partial charge in [0.25, 0.3) is 0 Å². The summed E-state index contributed by atoms with van der Waals surface area (Å²) in [7, 11) is 0. The van der Waals surface area contributed by atoms with Gasteiger partial charge in [0.1, 0.15) is 5.75 Å². The monoisotopic (exact) mass is 310 g/mol. The van der Waals surface area contributed by atoms with Crippen LogP contribution in [-0.2, 0) is 9.53 Å². The Morgan fingerprint density at radius 1 is 1.14 bits per heavy atom. The van der Waals surface area contributed by atoms with E-state index in [0.717, 1.165) is 19.1 Å². The Morgan fingerprint density at radius 2 is 1.67 bits per heavy atom. The predicted octanol–water partition coefficient (Wildman–Crippen LogP) is 3.71. The molecule has 1 aromatic carbocycles. The van der Waals surface area contributed by atoms with Gasteiger partial charge in [-0.15, -0.1) is 0 Å². The Labute approximate surface area is 117 Å². The van der Waals surface area contributed by atoms with Crippen molar-refractivity contribution >= 4 is 5.97 Å². The molecule has 0 heterocycles. The largest absolute Gasteiger partial charge is 0.442 e. The molecule has 1 atom stereocenters. The molecule has 0 N–H and O–H groups in total. The third-order valence-electron chi connectivity index (χ3n) is 2.16. The fourth-order valence-electron chi connectivity index (χ4n) is 1.16. The number of ether oxygens (including phenoxy) is 2. The first-order valence-electron chi connectivity index (χ1n) is 5.59. The van der Waals surface area contributed by atoms with Crippen LogP contribution >= 0.6 is 0 Å². The quantitative estimate of drug-likeness (QED) is 0.456. The van der Waals surface area contributed by atoms with E-state index in [0.29, 0.717) is 0 Å². The maximum absolute atomic E-state index is 13.4. The summed E-state index contributed by atoms with van der Waals surface area (Å²) in [5.41, 5.74) is -0.492. The molecule has 0 aliphatic rings. The van der Waals surface area contributed by atoms with Crippen LogP contribution in [-0.4, -0.2) is 24.4 Å². The SMILES string of the molecule is C=C(C)C(=O)OC(F)(F)C(F)C(F)(F)Oc1ccccc1. The fourth-order valence-corrected chi connectivity index (χ4v) is 1.16. The molecule has 1 rings (SSSR count). The van der Waals surface area contributed by atoms with Crippen LogP contribution in [0.4, 0.5) is 22.0 Å². The molecule has 3 nitrogen and oxygen atoms in total. The van der Waals surface area contributed by atoms with Gasteiger partial charge in [-0.1, -0.05) is 24.8 Å². The number of carbonyl (C=O) groups excluding carboxylic acids is 1. The number of para-hydroxylation sites is 1. The molecule has 116 valence electrons. The van der Waals surface area contributed by atoms with Crippen molar-refractivity contribution in [2.45, 2.75) is 25.3 Å². The molecule has 0 aliphatic carbocycles. The molecule has 0 radical (unpaired) electrons. The van der Waals surface area contributed by atoms with Gasteiger partial charge in [-0.3, -0.25) is 0 Å². The fraction of sp³-hybridized carbons (Fsp3) is 0.308. The zero-order chi connectivity index (χ0) is 16.3. The summed E-state index contributed by atoms with van der Waals surface area (Å²) in [6.07, 6.45) is -14.2. The van der Waals surface area contributed by atoms with Gasteiger partial charge < -0.3 is 9.47 Å². The Balaban J connectivity index is 2.86. The molecule has 0 amide bonds. The molecule has 0 saturated heterocycles. The minimum Gasteiger partial charge on any atom is -0.430 e. The zero-order valence-electron chi connectivity index (χ0n) is 10.8. The van der Waals surface area contributed by atoms with Crippen LogP contribution in [0.3, 0.4) is 0 Å². The van der Waals surface area contributed by atoms with Crippen LogP contribution in [0.2, 0.25) is 0 Å². The Kier molecular flexibility index (Phi) is 4.93. The maximum atomic E-state index is 13.4. The molecule has 0 fully saturated rings. The van der Waals surface area contributed by atoms with E-state index >= 15 is 0 Å². The van der Waals surface area contributed by atoms with E-state index in [-0.39, 0.29) is 0 Å². The van der Waals surface area contributed by atoms with E-state index in [9.17, 15) is 26.7 Å². The van der Waals surface area contributed by atoms with Gasteiger partial charge in [-0.25, -0.2) is 9.18 Å². The van der Waals surface area contributed by atoms with Gasteiger partial charge in [-0.05, 0) is 19.1 Å². The maximum Gasteiger partial charge on any atom is 0.442 e. The molecule has 0 bridgehead atoms. The number of esters is 1. The zero-order valence-corrected chi connectivity index (χ0v) is 10.8. The summed E-state index contributed by atoms with van der Waals surface area (Å²) in [5, 5.41) is 0. The molecular formula is C13H11F5O3. The average molecular weight is 310 g/mol. The third-order valence-corrected chi connectivity index (χ3v) is 2.16. The number of alkyl halides is 5. The highest BCUT2D eigenvalue weighted by atomic mass is 19.3. The van der Waals surface area contributed by atoms with Crippen LogP contribution in [0.25, 0.3) is 0 Å². The Morgan fingerprint density at radius 3 is 2.14 bits per heavy atom. The first-order valence-corrected chi connectivity index (χ1v) is 5.59. The van der Waals surface area contributed by atoms with Crippen molar-refractivity contribution < 1.29 is 36.2 Å². The first kappa shape index (κ1) is 16.9. The number of halogens is 5. The topological polar surface area (TPSA) is 35.5 Å². The minimum absolute atomic E-state index is 0.492. The second-order valence-corrected chi connectivity index (χ2v) is 4.07. The van der Waals surface area contributed by atoms with Crippen molar-refractivity contribution in [2.75, 3.05) is 0 Å². The lowest BCUT2D eigenvalue weighted by Gasteiger charge is -2.26. The summed E-state index contributed by atoms with van der Waals surface area (Å²) in [4.78, 5) is 10.9. The third kappa shape index (κ3) is 4.44. The molecule has 21 heavy (non-hydrogen) atoms. The van der Waals surface area contributed by atoms with E-state index in [2.05, 4.69) is 16.1 Å². The van der Waals surface area contributed by atoms with Crippen molar-refractivity contribution in [1.29, 1.82) is 0 Å². The molecule has 0 aromatic heterocycles. The predicted molar refractivity (Wildman–Crippen MR) is 62.8 cm³/mol. The lowest BCUT2D eigenvalue weighted by atomic mass is 10.3. The lowest BCUT2D eigenvalue weighted by molar-refractivity contribution is -0.333. The van der Waals surface area contributed by atoms with Crippen LogP contribution in [0.1, 0.15) is 6.92 Å². The van der Waals surface area contributed by atoms with Crippen molar-refractivity contribution in [2.24, 2.45) is 0 Å². The molecule has 1 unspecified atom stereocenters. The van der Waals surface area contributed by atoms with Gasteiger partial charge in [0.05, 0.1) is 0 Å². The van der Waals surface area contributed by atoms with Gasteiger partial charge in [-0.2, -0.15) is 17.6 Å². The van der Waals surface area contributed by atoms with Crippen LogP contribution in [0.5, 0.6) is 5.75 Å². The number of hydrogen-bond acceptors (Lipinski definition) is 3. The molecule has 1 aromatic rings. The van der Waals surface area contributed by atoms with Crippen molar-refractivity contribution in [3.8, 4) is 5.75 Å². The molecule has 8 heteroatoms. The molecule has 0 saturated carbocycles. The highest BCUT2D eigenvalue weighted by molar-refractivity contribution is 5.87. The van der Waals surface area contributed by atoms with Crippen molar-refractivity contribution in [3.63, 3.8) is 0 Å². The average Bonchev–Trinajstić information content (AvgIpc) is 2.37. The number of carbonyl (C=O) groups is 1. The number of benzene rings is 1. The smallest absolute Gasteiger partial charge is 0.430 e. The highest BCUT2D eigenvalue weighted by Gasteiger charge is 2.61. The van der Waals surface area contributed by atoms with E-state index in [1.807, 2.05) is 0 Å². The van der Waals surface area contributed by atoms with Crippen molar-refractivity contribution in [3.05, 3.63) is 42.5 Å². The van der Waals surface area contributed by atoms with E-state index < -0.39 is 35.7 Å². The first-order chi connectivity index (χ1) is 9.56. The second kappa shape index (κ2) is 6.11. The summed E-state index contributed by atoms with van der Waals surface area (Å²) >= 11 is 0. The normalized spacial score (nSPS) is 13.4. The number of hydrogen-bond donors (Lipinski definition) is 0. The summed E-state index contributed by atoms with van der Waals surface area (Å²) in [6, 6.07) is 6.09.